The Morgan fingerprint density at radius 1 is 0.833 bits per heavy atom. The van der Waals surface area contributed by atoms with Gasteiger partial charge >= 0.3 is 0 Å². The maximum atomic E-state index is 5.38. The lowest BCUT2D eigenvalue weighted by atomic mass is 10.1. The normalized spacial score (nSPS) is 10.0. The molecule has 0 radical (unpaired) electrons. The third-order valence-electron chi connectivity index (χ3n) is 3.87. The highest BCUT2D eigenvalue weighted by atomic mass is 35.5. The highest BCUT2D eigenvalue weighted by Crippen LogP contribution is 2.38. The van der Waals surface area contributed by atoms with Gasteiger partial charge in [0.15, 0.2) is 11.5 Å². The molecule has 0 spiro atoms. The van der Waals surface area contributed by atoms with Gasteiger partial charge < -0.3 is 19.5 Å². The fourth-order valence-electron chi connectivity index (χ4n) is 2.62. The molecule has 0 fully saturated rings. The number of rotatable bonds is 7. The van der Waals surface area contributed by atoms with Crippen LogP contribution in [0.1, 0.15) is 22.3 Å². The molecule has 132 valence electrons. The van der Waals surface area contributed by atoms with Crippen molar-refractivity contribution in [3.63, 3.8) is 0 Å². The van der Waals surface area contributed by atoms with Gasteiger partial charge in [0.1, 0.15) is 0 Å². The molecule has 0 aliphatic carbocycles. The topological polar surface area (TPSA) is 39.7 Å². The van der Waals surface area contributed by atoms with E-state index in [1.807, 2.05) is 12.1 Å². The van der Waals surface area contributed by atoms with E-state index >= 15 is 0 Å². The van der Waals surface area contributed by atoms with Gasteiger partial charge in [0.25, 0.3) is 0 Å². The zero-order chi connectivity index (χ0) is 16.8. The summed E-state index contributed by atoms with van der Waals surface area (Å²) in [6.07, 6.45) is 0. The van der Waals surface area contributed by atoms with Crippen LogP contribution in [0.5, 0.6) is 17.2 Å². The van der Waals surface area contributed by atoms with Gasteiger partial charge in [-0.15, -0.1) is 12.4 Å². The van der Waals surface area contributed by atoms with Crippen molar-refractivity contribution in [2.45, 2.75) is 26.9 Å². The minimum absolute atomic E-state index is 0. The van der Waals surface area contributed by atoms with Gasteiger partial charge in [-0.25, -0.2) is 0 Å². The summed E-state index contributed by atoms with van der Waals surface area (Å²) < 4.78 is 16.1. The molecular formula is C19H26ClNO3. The summed E-state index contributed by atoms with van der Waals surface area (Å²) in [5, 5.41) is 3.47. The summed E-state index contributed by atoms with van der Waals surface area (Å²) in [6.45, 7) is 5.80. The van der Waals surface area contributed by atoms with E-state index in [2.05, 4.69) is 37.4 Å². The Hall–Kier alpha value is -1.91. The molecule has 0 unspecified atom stereocenters. The van der Waals surface area contributed by atoms with Crippen molar-refractivity contribution in [2.24, 2.45) is 0 Å². The van der Waals surface area contributed by atoms with Gasteiger partial charge in [-0.1, -0.05) is 23.8 Å². The number of methoxy groups -OCH3 is 3. The number of aryl methyl sites for hydroxylation is 2. The Balaban J connectivity index is 0.00000288. The van der Waals surface area contributed by atoms with Crippen LogP contribution in [0.25, 0.3) is 0 Å². The van der Waals surface area contributed by atoms with Crippen molar-refractivity contribution in [1.82, 2.24) is 5.32 Å². The quantitative estimate of drug-likeness (QED) is 0.817. The molecule has 2 rings (SSSR count). The molecule has 1 N–H and O–H groups in total. The van der Waals surface area contributed by atoms with E-state index in [1.165, 1.54) is 16.7 Å². The Kier molecular flexibility index (Phi) is 7.89. The highest BCUT2D eigenvalue weighted by molar-refractivity contribution is 5.85. The van der Waals surface area contributed by atoms with Crippen LogP contribution >= 0.6 is 12.4 Å². The van der Waals surface area contributed by atoms with Gasteiger partial charge in [-0.3, -0.25) is 0 Å². The third kappa shape index (κ3) is 4.79. The van der Waals surface area contributed by atoms with Crippen LogP contribution in [0.15, 0.2) is 30.3 Å². The van der Waals surface area contributed by atoms with E-state index in [-0.39, 0.29) is 12.4 Å². The summed E-state index contributed by atoms with van der Waals surface area (Å²) in [5.74, 6) is 1.97. The van der Waals surface area contributed by atoms with E-state index in [4.69, 9.17) is 14.2 Å². The molecule has 0 aliphatic heterocycles. The van der Waals surface area contributed by atoms with E-state index < -0.39 is 0 Å². The first-order valence-electron chi connectivity index (χ1n) is 7.64. The molecule has 0 atom stereocenters. The van der Waals surface area contributed by atoms with E-state index in [9.17, 15) is 0 Å². The summed E-state index contributed by atoms with van der Waals surface area (Å²) in [4.78, 5) is 0. The average Bonchev–Trinajstić information content (AvgIpc) is 2.55. The molecule has 0 aromatic heterocycles. The fourth-order valence-corrected chi connectivity index (χ4v) is 2.62. The predicted octanol–water partition coefficient (Wildman–Crippen LogP) is 4.04. The SMILES string of the molecule is COc1cc(CNCc2ccc(C)cc2C)cc(OC)c1OC.Cl. The van der Waals surface area contributed by atoms with Crippen LogP contribution in [0.4, 0.5) is 0 Å². The number of nitrogens with one attached hydrogen (secondary N) is 1. The molecule has 0 bridgehead atoms. The first kappa shape index (κ1) is 20.1. The monoisotopic (exact) mass is 351 g/mol. The second-order valence-electron chi connectivity index (χ2n) is 5.57. The van der Waals surface area contributed by atoms with Crippen LogP contribution in [0.2, 0.25) is 0 Å². The minimum atomic E-state index is 0. The lowest BCUT2D eigenvalue weighted by Gasteiger charge is -2.15. The summed E-state index contributed by atoms with van der Waals surface area (Å²) in [6, 6.07) is 10.5. The van der Waals surface area contributed by atoms with Gasteiger partial charge in [-0.2, -0.15) is 0 Å². The molecule has 2 aromatic carbocycles. The molecule has 0 saturated carbocycles. The van der Waals surface area contributed by atoms with Crippen molar-refractivity contribution in [3.05, 3.63) is 52.6 Å². The number of benzene rings is 2. The van der Waals surface area contributed by atoms with Gasteiger partial charge in [0.2, 0.25) is 5.75 Å². The summed E-state index contributed by atoms with van der Waals surface area (Å²) >= 11 is 0. The van der Waals surface area contributed by atoms with Crippen molar-refractivity contribution in [3.8, 4) is 17.2 Å². The van der Waals surface area contributed by atoms with Crippen molar-refractivity contribution in [2.75, 3.05) is 21.3 Å². The third-order valence-corrected chi connectivity index (χ3v) is 3.87. The van der Waals surface area contributed by atoms with Crippen molar-refractivity contribution >= 4 is 12.4 Å². The molecule has 0 amide bonds. The molecule has 0 saturated heterocycles. The molecular weight excluding hydrogens is 326 g/mol. The smallest absolute Gasteiger partial charge is 0.203 e. The molecule has 2 aromatic rings. The Bertz CT molecular complexity index is 649. The number of hydrogen-bond donors (Lipinski definition) is 1. The van der Waals surface area contributed by atoms with Crippen molar-refractivity contribution in [1.29, 1.82) is 0 Å². The second kappa shape index (κ2) is 9.40. The summed E-state index contributed by atoms with van der Waals surface area (Å²) in [7, 11) is 4.87. The average molecular weight is 352 g/mol. The Labute approximate surface area is 150 Å². The zero-order valence-corrected chi connectivity index (χ0v) is 15.8. The second-order valence-corrected chi connectivity index (χ2v) is 5.57. The predicted molar refractivity (Wildman–Crippen MR) is 99.8 cm³/mol. The number of ether oxygens (including phenoxy) is 3. The van der Waals surface area contributed by atoms with Crippen LogP contribution in [0.3, 0.4) is 0 Å². The van der Waals surface area contributed by atoms with E-state index in [0.717, 1.165) is 18.7 Å². The zero-order valence-electron chi connectivity index (χ0n) is 14.9. The summed E-state index contributed by atoms with van der Waals surface area (Å²) in [5.41, 5.74) is 4.99. The van der Waals surface area contributed by atoms with Crippen molar-refractivity contribution < 1.29 is 14.2 Å². The molecule has 24 heavy (non-hydrogen) atoms. The fraction of sp³-hybridized carbons (Fsp3) is 0.368. The lowest BCUT2D eigenvalue weighted by molar-refractivity contribution is 0.323. The van der Waals surface area contributed by atoms with Gasteiger partial charge in [-0.05, 0) is 42.7 Å². The maximum Gasteiger partial charge on any atom is 0.203 e. The van der Waals surface area contributed by atoms with Crippen LogP contribution < -0.4 is 19.5 Å². The van der Waals surface area contributed by atoms with Gasteiger partial charge in [0.05, 0.1) is 21.3 Å². The lowest BCUT2D eigenvalue weighted by Crippen LogP contribution is -2.14. The molecule has 5 heteroatoms. The van der Waals surface area contributed by atoms with Crippen LogP contribution in [-0.2, 0) is 13.1 Å². The molecule has 4 nitrogen and oxygen atoms in total. The Morgan fingerprint density at radius 2 is 1.46 bits per heavy atom. The maximum absolute atomic E-state index is 5.38. The highest BCUT2D eigenvalue weighted by Gasteiger charge is 2.12. The minimum Gasteiger partial charge on any atom is -0.493 e. The standard InChI is InChI=1S/C19H25NO3.ClH/c1-13-6-7-16(14(2)8-13)12-20-11-15-9-17(21-3)19(23-5)18(10-15)22-4;/h6-10,20H,11-12H2,1-5H3;1H. The number of hydrogen-bond acceptors (Lipinski definition) is 4. The van der Waals surface area contributed by atoms with Crippen LogP contribution in [0, 0.1) is 13.8 Å². The first-order valence-corrected chi connectivity index (χ1v) is 7.64. The van der Waals surface area contributed by atoms with E-state index in [1.54, 1.807) is 21.3 Å². The van der Waals surface area contributed by atoms with E-state index in [0.29, 0.717) is 17.2 Å². The molecule has 0 heterocycles. The number of halogens is 1. The van der Waals surface area contributed by atoms with Crippen LogP contribution in [-0.4, -0.2) is 21.3 Å². The largest absolute Gasteiger partial charge is 0.493 e. The first-order chi connectivity index (χ1) is 11.1. The van der Waals surface area contributed by atoms with Gasteiger partial charge in [0, 0.05) is 13.1 Å². The Morgan fingerprint density at radius 3 is 1.96 bits per heavy atom. The molecule has 0 aliphatic rings.